The molecule has 2 aromatic rings. The number of anilines is 1. The van der Waals surface area contributed by atoms with Crippen LogP contribution in [0.3, 0.4) is 0 Å². The van der Waals surface area contributed by atoms with Gasteiger partial charge < -0.3 is 10.2 Å². The van der Waals surface area contributed by atoms with Gasteiger partial charge in [0.1, 0.15) is 0 Å². The number of rotatable bonds is 4. The molecule has 1 saturated heterocycles. The molecule has 3 rings (SSSR count). The molecule has 28 heavy (non-hydrogen) atoms. The lowest BCUT2D eigenvalue weighted by Gasteiger charge is -2.32. The number of nitrogens with zero attached hydrogens (tertiary/aromatic N) is 1. The van der Waals surface area contributed by atoms with Crippen molar-refractivity contribution in [2.45, 2.75) is 58.9 Å². The second-order valence-corrected chi connectivity index (χ2v) is 9.28. The SMILES string of the molecule is CC1CCN(c2ccc([C@H](C)NC(=O)c3ccc(C(C)(C)C)cc3)cc2)CC1. The van der Waals surface area contributed by atoms with Gasteiger partial charge in [-0.25, -0.2) is 0 Å². The molecular weight excluding hydrogens is 344 g/mol. The highest BCUT2D eigenvalue weighted by Crippen LogP contribution is 2.25. The third kappa shape index (κ3) is 4.95. The number of piperidine rings is 1. The molecule has 1 amide bonds. The first-order chi connectivity index (χ1) is 13.2. The molecule has 1 fully saturated rings. The van der Waals surface area contributed by atoms with Gasteiger partial charge in [0.25, 0.3) is 5.91 Å². The summed E-state index contributed by atoms with van der Waals surface area (Å²) in [5.74, 6) is 0.810. The molecule has 0 bridgehead atoms. The van der Waals surface area contributed by atoms with Gasteiger partial charge in [0.15, 0.2) is 0 Å². The van der Waals surface area contributed by atoms with E-state index in [-0.39, 0.29) is 17.4 Å². The Bertz CT molecular complexity index is 779. The zero-order valence-corrected chi connectivity index (χ0v) is 18.0. The summed E-state index contributed by atoms with van der Waals surface area (Å²) in [5, 5.41) is 3.12. The molecule has 0 saturated carbocycles. The first kappa shape index (κ1) is 20.4. The van der Waals surface area contributed by atoms with Gasteiger partial charge in [0, 0.05) is 24.3 Å². The average molecular weight is 379 g/mol. The minimum atomic E-state index is -0.0259. The molecule has 0 unspecified atom stereocenters. The fourth-order valence-electron chi connectivity index (χ4n) is 3.73. The van der Waals surface area contributed by atoms with Gasteiger partial charge in [-0.3, -0.25) is 4.79 Å². The molecule has 3 heteroatoms. The van der Waals surface area contributed by atoms with Crippen LogP contribution in [0.15, 0.2) is 48.5 Å². The van der Waals surface area contributed by atoms with Crippen LogP contribution in [0.1, 0.15) is 75.0 Å². The lowest BCUT2D eigenvalue weighted by molar-refractivity contribution is 0.0940. The molecule has 150 valence electrons. The van der Waals surface area contributed by atoms with E-state index in [1.54, 1.807) is 0 Å². The van der Waals surface area contributed by atoms with Crippen LogP contribution in [-0.2, 0) is 5.41 Å². The third-order valence-electron chi connectivity index (χ3n) is 5.90. The minimum absolute atomic E-state index is 0.0229. The first-order valence-electron chi connectivity index (χ1n) is 10.5. The molecule has 1 aliphatic rings. The van der Waals surface area contributed by atoms with Crippen molar-refractivity contribution in [1.82, 2.24) is 5.32 Å². The fraction of sp³-hybridized carbons (Fsp3) is 0.480. The van der Waals surface area contributed by atoms with E-state index in [0.29, 0.717) is 5.56 Å². The summed E-state index contributed by atoms with van der Waals surface area (Å²) in [7, 11) is 0. The summed E-state index contributed by atoms with van der Waals surface area (Å²) in [5.41, 5.74) is 4.45. The van der Waals surface area contributed by atoms with Crippen molar-refractivity contribution in [3.8, 4) is 0 Å². The maximum Gasteiger partial charge on any atom is 0.251 e. The van der Waals surface area contributed by atoms with Gasteiger partial charge in [-0.15, -0.1) is 0 Å². The molecule has 1 aliphatic heterocycles. The molecular formula is C25H34N2O. The highest BCUT2D eigenvalue weighted by Gasteiger charge is 2.18. The van der Waals surface area contributed by atoms with E-state index >= 15 is 0 Å². The Morgan fingerprint density at radius 2 is 1.57 bits per heavy atom. The maximum absolute atomic E-state index is 12.6. The molecule has 1 atom stereocenters. The molecule has 3 nitrogen and oxygen atoms in total. The van der Waals surface area contributed by atoms with Crippen LogP contribution >= 0.6 is 0 Å². The van der Waals surface area contributed by atoms with E-state index in [9.17, 15) is 4.79 Å². The molecule has 1 N–H and O–H groups in total. The number of carbonyl (C=O) groups is 1. The van der Waals surface area contributed by atoms with Crippen molar-refractivity contribution in [3.05, 3.63) is 65.2 Å². The van der Waals surface area contributed by atoms with E-state index in [2.05, 4.69) is 62.2 Å². The predicted molar refractivity (Wildman–Crippen MR) is 118 cm³/mol. The van der Waals surface area contributed by atoms with Crippen LogP contribution in [-0.4, -0.2) is 19.0 Å². The third-order valence-corrected chi connectivity index (χ3v) is 5.90. The van der Waals surface area contributed by atoms with E-state index in [1.165, 1.54) is 24.1 Å². The highest BCUT2D eigenvalue weighted by molar-refractivity contribution is 5.94. The van der Waals surface area contributed by atoms with Crippen molar-refractivity contribution in [2.24, 2.45) is 5.92 Å². The quantitative estimate of drug-likeness (QED) is 0.739. The summed E-state index contributed by atoms with van der Waals surface area (Å²) < 4.78 is 0. The molecule has 1 heterocycles. The molecule has 2 aromatic carbocycles. The molecule has 0 aromatic heterocycles. The predicted octanol–water partition coefficient (Wildman–Crippen LogP) is 5.71. The Balaban J connectivity index is 1.61. The Hall–Kier alpha value is -2.29. The second-order valence-electron chi connectivity index (χ2n) is 9.28. The second kappa shape index (κ2) is 8.38. The Morgan fingerprint density at radius 3 is 2.11 bits per heavy atom. The molecule has 0 spiro atoms. The normalized spacial score (nSPS) is 16.7. The Morgan fingerprint density at radius 1 is 1.00 bits per heavy atom. The minimum Gasteiger partial charge on any atom is -0.372 e. The summed E-state index contributed by atoms with van der Waals surface area (Å²) in [6.07, 6.45) is 2.53. The largest absolute Gasteiger partial charge is 0.372 e. The van der Waals surface area contributed by atoms with Crippen molar-refractivity contribution in [3.63, 3.8) is 0 Å². The van der Waals surface area contributed by atoms with Gasteiger partial charge >= 0.3 is 0 Å². The van der Waals surface area contributed by atoms with E-state index in [1.807, 2.05) is 31.2 Å². The topological polar surface area (TPSA) is 32.3 Å². The number of carbonyl (C=O) groups excluding carboxylic acids is 1. The molecule has 0 aliphatic carbocycles. The van der Waals surface area contributed by atoms with Crippen LogP contribution in [0.25, 0.3) is 0 Å². The lowest BCUT2D eigenvalue weighted by atomic mass is 9.86. The maximum atomic E-state index is 12.6. The van der Waals surface area contributed by atoms with Crippen LogP contribution in [0.2, 0.25) is 0 Å². The van der Waals surface area contributed by atoms with Crippen LogP contribution in [0.5, 0.6) is 0 Å². The van der Waals surface area contributed by atoms with Crippen molar-refractivity contribution >= 4 is 11.6 Å². The van der Waals surface area contributed by atoms with Crippen molar-refractivity contribution < 1.29 is 4.79 Å². The number of amides is 1. The van der Waals surface area contributed by atoms with Crippen LogP contribution in [0.4, 0.5) is 5.69 Å². The highest BCUT2D eigenvalue weighted by atomic mass is 16.1. The zero-order valence-electron chi connectivity index (χ0n) is 18.0. The van der Waals surface area contributed by atoms with Crippen LogP contribution in [0, 0.1) is 5.92 Å². The van der Waals surface area contributed by atoms with Gasteiger partial charge in [0.05, 0.1) is 6.04 Å². The number of benzene rings is 2. The summed E-state index contributed by atoms with van der Waals surface area (Å²) in [4.78, 5) is 15.1. The standard InChI is InChI=1S/C25H34N2O/c1-18-14-16-27(17-15-18)23-12-8-20(9-13-23)19(2)26-24(28)21-6-10-22(11-7-21)25(3,4)5/h6-13,18-19H,14-17H2,1-5H3,(H,26,28)/t19-/m0/s1. The monoisotopic (exact) mass is 378 g/mol. The Labute approximate surface area is 170 Å². The summed E-state index contributed by atoms with van der Waals surface area (Å²) >= 11 is 0. The van der Waals surface area contributed by atoms with Gasteiger partial charge in [0.2, 0.25) is 0 Å². The summed E-state index contributed by atoms with van der Waals surface area (Å²) in [6, 6.07) is 16.6. The van der Waals surface area contributed by atoms with Gasteiger partial charge in [-0.1, -0.05) is 52.0 Å². The number of hydrogen-bond donors (Lipinski definition) is 1. The summed E-state index contributed by atoms with van der Waals surface area (Å²) in [6.45, 7) is 13.2. The molecule has 0 radical (unpaired) electrons. The number of hydrogen-bond acceptors (Lipinski definition) is 2. The van der Waals surface area contributed by atoms with Crippen LogP contribution < -0.4 is 10.2 Å². The fourth-order valence-corrected chi connectivity index (χ4v) is 3.73. The lowest BCUT2D eigenvalue weighted by Crippen LogP contribution is -2.32. The zero-order chi connectivity index (χ0) is 20.3. The average Bonchev–Trinajstić information content (AvgIpc) is 2.68. The first-order valence-corrected chi connectivity index (χ1v) is 10.5. The Kier molecular flexibility index (Phi) is 6.12. The van der Waals surface area contributed by atoms with Crippen molar-refractivity contribution in [1.29, 1.82) is 0 Å². The van der Waals surface area contributed by atoms with E-state index in [0.717, 1.165) is 24.6 Å². The smallest absolute Gasteiger partial charge is 0.251 e. The van der Waals surface area contributed by atoms with Gasteiger partial charge in [-0.2, -0.15) is 0 Å². The van der Waals surface area contributed by atoms with E-state index < -0.39 is 0 Å². The van der Waals surface area contributed by atoms with Gasteiger partial charge in [-0.05, 0) is 66.5 Å². The van der Waals surface area contributed by atoms with Crippen molar-refractivity contribution in [2.75, 3.05) is 18.0 Å². The van der Waals surface area contributed by atoms with E-state index in [4.69, 9.17) is 0 Å². The number of nitrogens with one attached hydrogen (secondary N) is 1.